The monoisotopic (exact) mass is 199 g/mol. The fourth-order valence-electron chi connectivity index (χ4n) is 1.89. The molecule has 1 unspecified atom stereocenters. The third-order valence-electron chi connectivity index (χ3n) is 2.74. The predicted octanol–water partition coefficient (Wildman–Crippen LogP) is 1.86. The highest BCUT2D eigenvalue weighted by molar-refractivity contribution is 5.80. The first kappa shape index (κ1) is 11.5. The minimum atomic E-state index is -0.304. The molecule has 0 heterocycles. The number of carbonyl (C=O) groups is 1. The molecule has 0 aliphatic heterocycles. The van der Waals surface area contributed by atoms with Crippen molar-refractivity contribution in [3.63, 3.8) is 0 Å². The average molecular weight is 199 g/mol. The van der Waals surface area contributed by atoms with Crippen LogP contribution in [0.3, 0.4) is 0 Å². The molecule has 3 heteroatoms. The lowest BCUT2D eigenvalue weighted by atomic mass is 9.95. The fraction of sp³-hybridized carbons (Fsp3) is 0.909. The molecule has 0 aromatic rings. The molecule has 0 radical (unpaired) electrons. The van der Waals surface area contributed by atoms with Gasteiger partial charge in [0.15, 0.2) is 0 Å². The normalized spacial score (nSPS) is 20.4. The Balaban J connectivity index is 2.24. The molecule has 1 atom stereocenters. The van der Waals surface area contributed by atoms with E-state index in [1.165, 1.54) is 19.3 Å². The zero-order chi connectivity index (χ0) is 10.4. The Morgan fingerprint density at radius 3 is 2.64 bits per heavy atom. The number of carbonyl (C=O) groups excluding carboxylic acids is 1. The summed E-state index contributed by atoms with van der Waals surface area (Å²) in [5.74, 6) is 0.0405. The summed E-state index contributed by atoms with van der Waals surface area (Å²) in [6.07, 6.45) is 5.76. The van der Waals surface area contributed by atoms with Gasteiger partial charge in [0, 0.05) is 12.6 Å². The maximum absolute atomic E-state index is 11.6. The highest BCUT2D eigenvalue weighted by atomic mass is 16.5. The molecule has 1 saturated carbocycles. The van der Waals surface area contributed by atoms with E-state index in [-0.39, 0.29) is 12.0 Å². The lowest BCUT2D eigenvalue weighted by molar-refractivity contribution is -0.132. The first-order chi connectivity index (χ1) is 6.74. The highest BCUT2D eigenvalue weighted by Crippen LogP contribution is 2.17. The molecule has 0 spiro atoms. The number of ether oxygens (including phenoxy) is 1. The van der Waals surface area contributed by atoms with E-state index in [4.69, 9.17) is 4.74 Å². The standard InChI is InChI=1S/C11H21NO2/c1-3-14-9(2)11(13)12-10-7-5-4-6-8-10/h9-10H,3-8H2,1-2H3,(H,12,13). The molecule has 1 fully saturated rings. The smallest absolute Gasteiger partial charge is 0.249 e. The molecule has 0 saturated heterocycles. The fourth-order valence-corrected chi connectivity index (χ4v) is 1.89. The van der Waals surface area contributed by atoms with Gasteiger partial charge in [-0.3, -0.25) is 4.79 Å². The molecule has 3 nitrogen and oxygen atoms in total. The van der Waals surface area contributed by atoms with Crippen molar-refractivity contribution in [3.05, 3.63) is 0 Å². The average Bonchev–Trinajstić information content (AvgIpc) is 2.19. The summed E-state index contributed by atoms with van der Waals surface area (Å²) in [5, 5.41) is 3.04. The Hall–Kier alpha value is -0.570. The molecule has 0 bridgehead atoms. The summed E-state index contributed by atoms with van der Waals surface area (Å²) in [7, 11) is 0. The van der Waals surface area contributed by atoms with Crippen LogP contribution < -0.4 is 5.32 Å². The van der Waals surface area contributed by atoms with E-state index in [9.17, 15) is 4.79 Å². The summed E-state index contributed by atoms with van der Waals surface area (Å²) in [5.41, 5.74) is 0. The molecule has 82 valence electrons. The molecule has 1 N–H and O–H groups in total. The minimum Gasteiger partial charge on any atom is -0.369 e. The largest absolute Gasteiger partial charge is 0.369 e. The lowest BCUT2D eigenvalue weighted by Gasteiger charge is -2.24. The van der Waals surface area contributed by atoms with Gasteiger partial charge in [-0.2, -0.15) is 0 Å². The second-order valence-electron chi connectivity index (χ2n) is 3.94. The second-order valence-corrected chi connectivity index (χ2v) is 3.94. The number of amides is 1. The highest BCUT2D eigenvalue weighted by Gasteiger charge is 2.19. The van der Waals surface area contributed by atoms with Crippen LogP contribution in [-0.4, -0.2) is 24.7 Å². The van der Waals surface area contributed by atoms with Crippen molar-refractivity contribution in [3.8, 4) is 0 Å². The third-order valence-corrected chi connectivity index (χ3v) is 2.74. The Morgan fingerprint density at radius 1 is 1.43 bits per heavy atom. The molecular weight excluding hydrogens is 178 g/mol. The van der Waals surface area contributed by atoms with Crippen LogP contribution in [0.4, 0.5) is 0 Å². The van der Waals surface area contributed by atoms with Crippen molar-refractivity contribution < 1.29 is 9.53 Å². The van der Waals surface area contributed by atoms with Crippen molar-refractivity contribution in [2.45, 2.75) is 58.1 Å². The van der Waals surface area contributed by atoms with Crippen LogP contribution >= 0.6 is 0 Å². The number of rotatable bonds is 4. The molecule has 1 rings (SSSR count). The summed E-state index contributed by atoms with van der Waals surface area (Å²) >= 11 is 0. The molecule has 1 aliphatic rings. The Morgan fingerprint density at radius 2 is 2.07 bits per heavy atom. The zero-order valence-corrected chi connectivity index (χ0v) is 9.21. The second kappa shape index (κ2) is 6.02. The van der Waals surface area contributed by atoms with Crippen molar-refractivity contribution >= 4 is 5.91 Å². The Bertz CT molecular complexity index is 176. The van der Waals surface area contributed by atoms with Crippen molar-refractivity contribution in [1.82, 2.24) is 5.32 Å². The van der Waals surface area contributed by atoms with Crippen LogP contribution in [0.25, 0.3) is 0 Å². The van der Waals surface area contributed by atoms with Crippen LogP contribution in [0, 0.1) is 0 Å². The van der Waals surface area contributed by atoms with E-state index in [0.29, 0.717) is 12.6 Å². The summed E-state index contributed by atoms with van der Waals surface area (Å²) < 4.78 is 5.23. The lowest BCUT2D eigenvalue weighted by Crippen LogP contribution is -2.42. The van der Waals surface area contributed by atoms with Crippen LogP contribution in [0.5, 0.6) is 0 Å². The maximum atomic E-state index is 11.6. The van der Waals surface area contributed by atoms with E-state index in [1.807, 2.05) is 13.8 Å². The molecular formula is C11H21NO2. The van der Waals surface area contributed by atoms with Gasteiger partial charge in [-0.15, -0.1) is 0 Å². The van der Waals surface area contributed by atoms with Crippen molar-refractivity contribution in [2.75, 3.05) is 6.61 Å². The SMILES string of the molecule is CCOC(C)C(=O)NC1CCCCC1. The minimum absolute atomic E-state index is 0.0405. The van der Waals surface area contributed by atoms with E-state index in [1.54, 1.807) is 0 Å². The van der Waals surface area contributed by atoms with Gasteiger partial charge in [-0.25, -0.2) is 0 Å². The Labute approximate surface area is 86.2 Å². The molecule has 0 aromatic heterocycles. The van der Waals surface area contributed by atoms with Crippen LogP contribution in [0.15, 0.2) is 0 Å². The zero-order valence-electron chi connectivity index (χ0n) is 9.21. The Kier molecular flexibility index (Phi) is 4.94. The topological polar surface area (TPSA) is 38.3 Å². The van der Waals surface area contributed by atoms with Gasteiger partial charge >= 0.3 is 0 Å². The van der Waals surface area contributed by atoms with Gasteiger partial charge in [0.1, 0.15) is 6.10 Å². The van der Waals surface area contributed by atoms with E-state index in [0.717, 1.165) is 12.8 Å². The van der Waals surface area contributed by atoms with Gasteiger partial charge in [-0.1, -0.05) is 19.3 Å². The summed E-state index contributed by atoms with van der Waals surface area (Å²) in [4.78, 5) is 11.6. The number of hydrogen-bond donors (Lipinski definition) is 1. The quantitative estimate of drug-likeness (QED) is 0.750. The van der Waals surface area contributed by atoms with Gasteiger partial charge in [-0.05, 0) is 26.7 Å². The number of nitrogens with one attached hydrogen (secondary N) is 1. The number of hydrogen-bond acceptors (Lipinski definition) is 2. The van der Waals surface area contributed by atoms with Crippen molar-refractivity contribution in [2.24, 2.45) is 0 Å². The van der Waals surface area contributed by atoms with Gasteiger partial charge < -0.3 is 10.1 Å². The molecule has 14 heavy (non-hydrogen) atoms. The summed E-state index contributed by atoms with van der Waals surface area (Å²) in [6.45, 7) is 4.31. The molecule has 0 aromatic carbocycles. The van der Waals surface area contributed by atoms with Crippen LogP contribution in [0.1, 0.15) is 46.0 Å². The molecule has 1 amide bonds. The maximum Gasteiger partial charge on any atom is 0.249 e. The summed E-state index contributed by atoms with van der Waals surface area (Å²) in [6, 6.07) is 0.388. The third kappa shape index (κ3) is 3.66. The van der Waals surface area contributed by atoms with Gasteiger partial charge in [0.25, 0.3) is 0 Å². The van der Waals surface area contributed by atoms with E-state index >= 15 is 0 Å². The van der Waals surface area contributed by atoms with Gasteiger partial charge in [0.05, 0.1) is 0 Å². The first-order valence-electron chi connectivity index (χ1n) is 5.66. The van der Waals surface area contributed by atoms with Crippen molar-refractivity contribution in [1.29, 1.82) is 0 Å². The molecule has 1 aliphatic carbocycles. The first-order valence-corrected chi connectivity index (χ1v) is 5.66. The van der Waals surface area contributed by atoms with E-state index < -0.39 is 0 Å². The van der Waals surface area contributed by atoms with Crippen LogP contribution in [0.2, 0.25) is 0 Å². The van der Waals surface area contributed by atoms with E-state index in [2.05, 4.69) is 5.32 Å². The predicted molar refractivity (Wildman–Crippen MR) is 56.1 cm³/mol. The van der Waals surface area contributed by atoms with Crippen LogP contribution in [-0.2, 0) is 9.53 Å². The van der Waals surface area contributed by atoms with Gasteiger partial charge in [0.2, 0.25) is 5.91 Å².